The van der Waals surface area contributed by atoms with Crippen molar-refractivity contribution in [1.29, 1.82) is 0 Å². The molecule has 1 atom stereocenters. The van der Waals surface area contributed by atoms with Crippen molar-refractivity contribution in [1.82, 2.24) is 14.5 Å². The molecule has 1 aromatic rings. The Bertz CT molecular complexity index is 608. The van der Waals surface area contributed by atoms with Crippen molar-refractivity contribution in [2.24, 2.45) is 0 Å². The lowest BCUT2D eigenvalue weighted by molar-refractivity contribution is 0.117. The predicted molar refractivity (Wildman–Crippen MR) is 85.0 cm³/mol. The van der Waals surface area contributed by atoms with Gasteiger partial charge in [0.15, 0.2) is 0 Å². The van der Waals surface area contributed by atoms with Crippen LogP contribution in [0.1, 0.15) is 0 Å². The van der Waals surface area contributed by atoms with Crippen molar-refractivity contribution in [3.63, 3.8) is 0 Å². The Morgan fingerprint density at radius 2 is 2.10 bits per heavy atom. The summed E-state index contributed by atoms with van der Waals surface area (Å²) >= 11 is 5.88. The van der Waals surface area contributed by atoms with E-state index in [2.05, 4.69) is 14.5 Å². The van der Waals surface area contributed by atoms with E-state index in [1.165, 1.54) is 18.2 Å². The molecule has 8 heteroatoms. The molecule has 0 spiro atoms. The predicted octanol–water partition coefficient (Wildman–Crippen LogP) is 0.446. The summed E-state index contributed by atoms with van der Waals surface area (Å²) in [4.78, 5) is 4.49. The number of rotatable bonds is 4. The van der Waals surface area contributed by atoms with E-state index in [0.29, 0.717) is 12.2 Å². The Kier molecular flexibility index (Phi) is 5.11. The Labute approximate surface area is 130 Å². The molecule has 1 saturated heterocycles. The lowest BCUT2D eigenvalue weighted by Crippen LogP contribution is -2.54. The Balaban J connectivity index is 2.05. The van der Waals surface area contributed by atoms with Crippen LogP contribution in [-0.2, 0) is 10.0 Å². The van der Waals surface area contributed by atoms with Crippen molar-refractivity contribution in [2.75, 3.05) is 46.0 Å². The highest BCUT2D eigenvalue weighted by atomic mass is 35.5. The van der Waals surface area contributed by atoms with Gasteiger partial charge in [-0.25, -0.2) is 13.1 Å². The van der Waals surface area contributed by atoms with Gasteiger partial charge in [0, 0.05) is 32.2 Å². The molecule has 1 fully saturated rings. The molecule has 0 radical (unpaired) electrons. The summed E-state index contributed by atoms with van der Waals surface area (Å²) in [5.74, 6) is 0. The van der Waals surface area contributed by atoms with Crippen LogP contribution in [0.3, 0.4) is 0 Å². The average molecular weight is 333 g/mol. The van der Waals surface area contributed by atoms with Gasteiger partial charge in [-0.05, 0) is 32.3 Å². The summed E-state index contributed by atoms with van der Waals surface area (Å²) < 4.78 is 27.2. The van der Waals surface area contributed by atoms with Gasteiger partial charge in [0.05, 0.1) is 15.6 Å². The molecule has 3 N–H and O–H groups in total. The minimum absolute atomic E-state index is 0.133. The normalized spacial score (nSPS) is 21.6. The number of likely N-dealkylation sites (N-methyl/N-ethyl adjacent to an activating group) is 2. The van der Waals surface area contributed by atoms with Crippen LogP contribution in [-0.4, -0.2) is 64.5 Å². The van der Waals surface area contributed by atoms with Crippen LogP contribution in [0.15, 0.2) is 23.1 Å². The fourth-order valence-corrected chi connectivity index (χ4v) is 3.63. The second kappa shape index (κ2) is 6.50. The molecule has 2 rings (SSSR count). The number of sulfonamides is 1. The zero-order valence-corrected chi connectivity index (χ0v) is 13.8. The molecule has 0 aliphatic carbocycles. The molecule has 1 heterocycles. The zero-order valence-electron chi connectivity index (χ0n) is 12.2. The molecule has 1 unspecified atom stereocenters. The van der Waals surface area contributed by atoms with Crippen LogP contribution in [0.25, 0.3) is 0 Å². The van der Waals surface area contributed by atoms with Gasteiger partial charge in [0.2, 0.25) is 10.0 Å². The maximum Gasteiger partial charge on any atom is 0.240 e. The number of hydrogen-bond donors (Lipinski definition) is 2. The maximum atomic E-state index is 12.3. The summed E-state index contributed by atoms with van der Waals surface area (Å²) in [6, 6.07) is 4.48. The first-order valence-electron chi connectivity index (χ1n) is 6.73. The Morgan fingerprint density at radius 3 is 2.76 bits per heavy atom. The number of nitrogens with two attached hydrogens (primary N) is 1. The fraction of sp³-hybridized carbons (Fsp3) is 0.538. The quantitative estimate of drug-likeness (QED) is 0.783. The van der Waals surface area contributed by atoms with Crippen molar-refractivity contribution in [3.05, 3.63) is 23.2 Å². The number of nitrogens with zero attached hydrogens (tertiary/aromatic N) is 2. The third-order valence-corrected chi connectivity index (χ3v) is 5.52. The van der Waals surface area contributed by atoms with Gasteiger partial charge in [-0.15, -0.1) is 0 Å². The van der Waals surface area contributed by atoms with Gasteiger partial charge in [-0.3, -0.25) is 4.90 Å². The van der Waals surface area contributed by atoms with Gasteiger partial charge in [-0.2, -0.15) is 0 Å². The highest BCUT2D eigenvalue weighted by Gasteiger charge is 2.24. The average Bonchev–Trinajstić information content (AvgIpc) is 2.43. The molecule has 0 aromatic heterocycles. The number of benzene rings is 1. The third kappa shape index (κ3) is 4.08. The van der Waals surface area contributed by atoms with Crippen LogP contribution in [0.2, 0.25) is 5.02 Å². The van der Waals surface area contributed by atoms with E-state index in [1.54, 1.807) is 0 Å². The maximum absolute atomic E-state index is 12.3. The second-order valence-electron chi connectivity index (χ2n) is 5.43. The van der Waals surface area contributed by atoms with Crippen molar-refractivity contribution >= 4 is 27.3 Å². The highest BCUT2D eigenvalue weighted by molar-refractivity contribution is 7.89. The van der Waals surface area contributed by atoms with Gasteiger partial charge < -0.3 is 10.6 Å². The molecule has 1 aliphatic rings. The first-order valence-corrected chi connectivity index (χ1v) is 8.59. The third-order valence-electron chi connectivity index (χ3n) is 3.77. The first-order chi connectivity index (χ1) is 9.79. The Hall–Kier alpha value is -0.860. The molecule has 21 heavy (non-hydrogen) atoms. The number of piperazine rings is 1. The van der Waals surface area contributed by atoms with E-state index in [4.69, 9.17) is 17.3 Å². The molecular weight excluding hydrogens is 312 g/mol. The van der Waals surface area contributed by atoms with Gasteiger partial charge >= 0.3 is 0 Å². The number of nitrogen functional groups attached to an aromatic ring is 1. The summed E-state index contributed by atoms with van der Waals surface area (Å²) in [5.41, 5.74) is 5.96. The monoisotopic (exact) mass is 332 g/mol. The standard InChI is InChI=1S/C13H21ClN4O2S/c1-17-5-6-18(2)10(9-17)8-16-21(19,20)11-3-4-13(15)12(14)7-11/h3-4,7,10,16H,5-6,8-9,15H2,1-2H3. The van der Waals surface area contributed by atoms with E-state index in [9.17, 15) is 8.42 Å². The molecule has 0 amide bonds. The number of halogens is 1. The SMILES string of the molecule is CN1CCN(C)C(CNS(=O)(=O)c2ccc(N)c(Cl)c2)C1. The first kappa shape index (κ1) is 16.5. The van der Waals surface area contributed by atoms with Gasteiger partial charge in [0.25, 0.3) is 0 Å². The van der Waals surface area contributed by atoms with Crippen LogP contribution in [0.5, 0.6) is 0 Å². The largest absolute Gasteiger partial charge is 0.398 e. The second-order valence-corrected chi connectivity index (χ2v) is 7.61. The number of nitrogens with one attached hydrogen (secondary N) is 1. The lowest BCUT2D eigenvalue weighted by Gasteiger charge is -2.37. The molecule has 0 bridgehead atoms. The van der Waals surface area contributed by atoms with Crippen molar-refractivity contribution < 1.29 is 8.42 Å². The van der Waals surface area contributed by atoms with Crippen LogP contribution in [0.4, 0.5) is 5.69 Å². The summed E-state index contributed by atoms with van der Waals surface area (Å²) in [7, 11) is 0.467. The van der Waals surface area contributed by atoms with Gasteiger partial charge in [-0.1, -0.05) is 11.6 Å². The van der Waals surface area contributed by atoms with Crippen molar-refractivity contribution in [3.8, 4) is 0 Å². The van der Waals surface area contributed by atoms with Crippen LogP contribution in [0, 0.1) is 0 Å². The molecule has 6 nitrogen and oxygen atoms in total. The smallest absolute Gasteiger partial charge is 0.240 e. The minimum Gasteiger partial charge on any atom is -0.398 e. The molecule has 1 aliphatic heterocycles. The Morgan fingerprint density at radius 1 is 1.38 bits per heavy atom. The number of hydrogen-bond acceptors (Lipinski definition) is 5. The van der Waals surface area contributed by atoms with E-state index in [-0.39, 0.29) is 16.0 Å². The fourth-order valence-electron chi connectivity index (χ4n) is 2.29. The van der Waals surface area contributed by atoms with Crippen LogP contribution < -0.4 is 10.5 Å². The molecule has 1 aromatic carbocycles. The van der Waals surface area contributed by atoms with E-state index >= 15 is 0 Å². The lowest BCUT2D eigenvalue weighted by atomic mass is 10.2. The zero-order chi connectivity index (χ0) is 15.6. The number of anilines is 1. The topological polar surface area (TPSA) is 78.7 Å². The highest BCUT2D eigenvalue weighted by Crippen LogP contribution is 2.22. The minimum atomic E-state index is -3.58. The summed E-state index contributed by atoms with van der Waals surface area (Å²) in [6.45, 7) is 3.12. The molecular formula is C13H21ClN4O2S. The van der Waals surface area contributed by atoms with E-state index in [0.717, 1.165) is 19.6 Å². The van der Waals surface area contributed by atoms with E-state index < -0.39 is 10.0 Å². The van der Waals surface area contributed by atoms with Gasteiger partial charge in [0.1, 0.15) is 0 Å². The van der Waals surface area contributed by atoms with E-state index in [1.807, 2.05) is 14.1 Å². The molecule has 118 valence electrons. The van der Waals surface area contributed by atoms with Crippen molar-refractivity contribution in [2.45, 2.75) is 10.9 Å². The van der Waals surface area contributed by atoms with Crippen LogP contribution >= 0.6 is 11.6 Å². The summed E-state index contributed by atoms with van der Waals surface area (Å²) in [5, 5.41) is 0.243. The molecule has 0 saturated carbocycles. The summed E-state index contributed by atoms with van der Waals surface area (Å²) in [6.07, 6.45) is 0.